The van der Waals surface area contributed by atoms with Crippen molar-refractivity contribution in [3.8, 4) is 0 Å². The number of halogens is 1. The molecule has 0 aliphatic carbocycles. The fourth-order valence-corrected chi connectivity index (χ4v) is 2.68. The van der Waals surface area contributed by atoms with Crippen molar-refractivity contribution in [2.75, 3.05) is 19.7 Å². The van der Waals surface area contributed by atoms with Crippen LogP contribution in [0, 0.1) is 5.82 Å². The molecule has 2 rings (SSSR count). The molecule has 120 valence electrons. The molecule has 0 bridgehead atoms. The van der Waals surface area contributed by atoms with Gasteiger partial charge in [0, 0.05) is 13.1 Å². The summed E-state index contributed by atoms with van der Waals surface area (Å²) in [7, 11) is 0. The first-order valence-electron chi connectivity index (χ1n) is 7.57. The Kier molecular flexibility index (Phi) is 5.75. The van der Waals surface area contributed by atoms with E-state index in [-0.39, 0.29) is 36.8 Å². The van der Waals surface area contributed by atoms with E-state index in [0.29, 0.717) is 13.2 Å². The minimum Gasteiger partial charge on any atom is -0.466 e. The average Bonchev–Trinajstić information content (AvgIpc) is 2.97. The third-order valence-corrected chi connectivity index (χ3v) is 3.66. The van der Waals surface area contributed by atoms with Gasteiger partial charge >= 0.3 is 12.0 Å². The van der Waals surface area contributed by atoms with Gasteiger partial charge in [-0.05, 0) is 37.5 Å². The first-order chi connectivity index (χ1) is 10.6. The molecular weight excluding hydrogens is 287 g/mol. The summed E-state index contributed by atoms with van der Waals surface area (Å²) >= 11 is 0. The summed E-state index contributed by atoms with van der Waals surface area (Å²) in [5.41, 5.74) is 0.804. The quantitative estimate of drug-likeness (QED) is 0.851. The number of ether oxygens (including phenoxy) is 1. The Balaban J connectivity index is 1.90. The molecule has 1 heterocycles. The van der Waals surface area contributed by atoms with Gasteiger partial charge in [0.1, 0.15) is 5.82 Å². The largest absolute Gasteiger partial charge is 0.466 e. The van der Waals surface area contributed by atoms with Gasteiger partial charge in [-0.15, -0.1) is 0 Å². The minimum absolute atomic E-state index is 0.113. The number of benzene rings is 1. The van der Waals surface area contributed by atoms with Crippen LogP contribution >= 0.6 is 0 Å². The molecule has 1 aromatic carbocycles. The van der Waals surface area contributed by atoms with E-state index in [2.05, 4.69) is 5.32 Å². The molecule has 1 saturated heterocycles. The van der Waals surface area contributed by atoms with Crippen molar-refractivity contribution in [2.45, 2.75) is 32.2 Å². The van der Waals surface area contributed by atoms with Crippen LogP contribution in [0.4, 0.5) is 9.18 Å². The Labute approximate surface area is 129 Å². The minimum atomic E-state index is -0.328. The fourth-order valence-electron chi connectivity index (χ4n) is 2.68. The van der Waals surface area contributed by atoms with Crippen molar-refractivity contribution in [1.29, 1.82) is 0 Å². The van der Waals surface area contributed by atoms with E-state index in [0.717, 1.165) is 18.4 Å². The summed E-state index contributed by atoms with van der Waals surface area (Å²) in [5, 5.41) is 2.72. The van der Waals surface area contributed by atoms with Crippen LogP contribution < -0.4 is 5.32 Å². The van der Waals surface area contributed by atoms with Gasteiger partial charge in [0.15, 0.2) is 0 Å². The maximum Gasteiger partial charge on any atom is 0.317 e. The Bertz CT molecular complexity index is 536. The highest BCUT2D eigenvalue weighted by Crippen LogP contribution is 2.31. The van der Waals surface area contributed by atoms with Gasteiger partial charge in [-0.25, -0.2) is 9.18 Å². The van der Waals surface area contributed by atoms with Crippen LogP contribution in [0.25, 0.3) is 0 Å². The Morgan fingerprint density at radius 1 is 1.45 bits per heavy atom. The normalized spacial score (nSPS) is 17.4. The molecule has 1 aromatic rings. The second kappa shape index (κ2) is 7.77. The van der Waals surface area contributed by atoms with E-state index < -0.39 is 0 Å². The van der Waals surface area contributed by atoms with Gasteiger partial charge in [0.2, 0.25) is 0 Å². The lowest BCUT2D eigenvalue weighted by Crippen LogP contribution is -2.40. The van der Waals surface area contributed by atoms with Gasteiger partial charge in [0.05, 0.1) is 19.1 Å². The van der Waals surface area contributed by atoms with E-state index >= 15 is 0 Å². The molecule has 0 radical (unpaired) electrons. The van der Waals surface area contributed by atoms with E-state index in [4.69, 9.17) is 4.74 Å². The van der Waals surface area contributed by atoms with Crippen molar-refractivity contribution in [2.24, 2.45) is 0 Å². The van der Waals surface area contributed by atoms with Crippen molar-refractivity contribution in [3.05, 3.63) is 35.6 Å². The number of carbonyl (C=O) groups is 2. The monoisotopic (exact) mass is 308 g/mol. The van der Waals surface area contributed by atoms with Gasteiger partial charge in [-0.1, -0.05) is 12.1 Å². The topological polar surface area (TPSA) is 58.6 Å². The number of rotatable bonds is 5. The number of nitrogens with zero attached hydrogens (tertiary/aromatic N) is 1. The van der Waals surface area contributed by atoms with Crippen LogP contribution in [-0.4, -0.2) is 36.6 Å². The van der Waals surface area contributed by atoms with Gasteiger partial charge in [-0.2, -0.15) is 0 Å². The van der Waals surface area contributed by atoms with Crippen LogP contribution in [0.3, 0.4) is 0 Å². The predicted octanol–water partition coefficient (Wildman–Crippen LogP) is 2.63. The lowest BCUT2D eigenvalue weighted by molar-refractivity contribution is -0.142. The average molecular weight is 308 g/mol. The number of nitrogens with one attached hydrogen (secondary N) is 1. The maximum absolute atomic E-state index is 13.3. The lowest BCUT2D eigenvalue weighted by Gasteiger charge is -2.25. The summed E-state index contributed by atoms with van der Waals surface area (Å²) < 4.78 is 18.1. The second-order valence-electron chi connectivity index (χ2n) is 5.19. The lowest BCUT2D eigenvalue weighted by atomic mass is 10.0. The molecule has 5 nitrogen and oxygen atoms in total. The number of esters is 1. The third kappa shape index (κ3) is 4.19. The zero-order valence-corrected chi connectivity index (χ0v) is 12.7. The number of hydrogen-bond acceptors (Lipinski definition) is 3. The van der Waals surface area contributed by atoms with Crippen molar-refractivity contribution in [1.82, 2.24) is 10.2 Å². The van der Waals surface area contributed by atoms with Gasteiger partial charge in [-0.3, -0.25) is 4.79 Å². The Morgan fingerprint density at radius 2 is 2.27 bits per heavy atom. The second-order valence-corrected chi connectivity index (χ2v) is 5.19. The van der Waals surface area contributed by atoms with Crippen molar-refractivity contribution >= 4 is 12.0 Å². The fraction of sp³-hybridized carbons (Fsp3) is 0.500. The van der Waals surface area contributed by atoms with E-state index in [9.17, 15) is 14.0 Å². The highest BCUT2D eigenvalue weighted by molar-refractivity contribution is 5.76. The summed E-state index contributed by atoms with van der Waals surface area (Å²) in [4.78, 5) is 25.2. The Morgan fingerprint density at radius 3 is 3.00 bits per heavy atom. The summed E-state index contributed by atoms with van der Waals surface area (Å²) in [6.07, 6.45) is 1.85. The molecule has 1 aliphatic rings. The van der Waals surface area contributed by atoms with Crippen LogP contribution in [0.5, 0.6) is 0 Å². The standard InChI is InChI=1S/C16H21FN2O3/c1-2-22-15(20)8-9-18-16(21)19-10-4-7-14(19)12-5-3-6-13(17)11-12/h3,5-6,11,14H,2,4,7-10H2,1H3,(H,18,21). The Hall–Kier alpha value is -2.11. The van der Waals surface area contributed by atoms with Crippen molar-refractivity contribution in [3.63, 3.8) is 0 Å². The van der Waals surface area contributed by atoms with Gasteiger partial charge in [0.25, 0.3) is 0 Å². The molecule has 0 aromatic heterocycles. The molecule has 0 saturated carbocycles. The predicted molar refractivity (Wildman–Crippen MR) is 79.7 cm³/mol. The molecule has 1 unspecified atom stereocenters. The number of hydrogen-bond donors (Lipinski definition) is 1. The van der Waals surface area contributed by atoms with Crippen molar-refractivity contribution < 1.29 is 18.7 Å². The molecular formula is C16H21FN2O3. The number of amides is 2. The molecule has 0 spiro atoms. The molecule has 1 aliphatic heterocycles. The third-order valence-electron chi connectivity index (χ3n) is 3.66. The molecule has 1 atom stereocenters. The zero-order chi connectivity index (χ0) is 15.9. The van der Waals surface area contributed by atoms with E-state index in [1.54, 1.807) is 17.9 Å². The molecule has 1 fully saturated rings. The van der Waals surface area contributed by atoms with Crippen LogP contribution in [0.2, 0.25) is 0 Å². The molecule has 1 N–H and O–H groups in total. The molecule has 6 heteroatoms. The van der Waals surface area contributed by atoms with E-state index in [1.165, 1.54) is 12.1 Å². The number of carbonyl (C=O) groups excluding carboxylic acids is 2. The smallest absolute Gasteiger partial charge is 0.317 e. The zero-order valence-electron chi connectivity index (χ0n) is 12.7. The highest BCUT2D eigenvalue weighted by atomic mass is 19.1. The van der Waals surface area contributed by atoms with Gasteiger partial charge < -0.3 is 15.0 Å². The first-order valence-corrected chi connectivity index (χ1v) is 7.57. The number of likely N-dealkylation sites (tertiary alicyclic amines) is 1. The summed E-state index contributed by atoms with van der Waals surface area (Å²) in [6, 6.07) is 6.00. The summed E-state index contributed by atoms with van der Waals surface area (Å²) in [5.74, 6) is -0.627. The molecule has 2 amide bonds. The maximum atomic E-state index is 13.3. The molecule has 22 heavy (non-hydrogen) atoms. The summed E-state index contributed by atoms with van der Waals surface area (Å²) in [6.45, 7) is 2.95. The van der Waals surface area contributed by atoms with Crippen LogP contribution in [0.1, 0.15) is 37.8 Å². The van der Waals surface area contributed by atoms with E-state index in [1.807, 2.05) is 6.07 Å². The highest BCUT2D eigenvalue weighted by Gasteiger charge is 2.29. The first kappa shape index (κ1) is 16.3. The number of urea groups is 1. The van der Waals surface area contributed by atoms with Crippen LogP contribution in [-0.2, 0) is 9.53 Å². The van der Waals surface area contributed by atoms with Crippen LogP contribution in [0.15, 0.2) is 24.3 Å². The SMILES string of the molecule is CCOC(=O)CCNC(=O)N1CCCC1c1cccc(F)c1.